The van der Waals surface area contributed by atoms with E-state index in [9.17, 15) is 4.55 Å². The zero-order valence-corrected chi connectivity index (χ0v) is 13.5. The van der Waals surface area contributed by atoms with Crippen LogP contribution in [-0.4, -0.2) is 70.3 Å². The second-order valence-electron chi connectivity index (χ2n) is 4.90. The summed E-state index contributed by atoms with van der Waals surface area (Å²) in [4.78, 5) is 15.0. The van der Waals surface area contributed by atoms with E-state index in [1.807, 2.05) is 0 Å². The monoisotopic (exact) mass is 344 g/mol. The number of rotatable bonds is 4. The molecule has 10 heteroatoms. The van der Waals surface area contributed by atoms with Crippen LogP contribution in [0.5, 0.6) is 0 Å². The van der Waals surface area contributed by atoms with Crippen LogP contribution >= 0.6 is 11.6 Å². The predicted molar refractivity (Wildman–Crippen MR) is 87.2 cm³/mol. The largest absolute Gasteiger partial charge is 0.616 e. The average Bonchev–Trinajstić information content (AvgIpc) is 2.53. The number of nitrogens with one attached hydrogen (secondary N) is 1. The van der Waals surface area contributed by atoms with Gasteiger partial charge in [-0.15, -0.1) is 0 Å². The highest BCUT2D eigenvalue weighted by Gasteiger charge is 2.27. The molecule has 0 bridgehead atoms. The van der Waals surface area contributed by atoms with Gasteiger partial charge in [-0.1, -0.05) is 11.2 Å². The van der Waals surface area contributed by atoms with Crippen molar-refractivity contribution in [3.05, 3.63) is 10.8 Å². The van der Waals surface area contributed by atoms with Crippen LogP contribution in [-0.2, 0) is 11.2 Å². The van der Waals surface area contributed by atoms with Crippen LogP contribution in [0.1, 0.15) is 5.56 Å². The van der Waals surface area contributed by atoms with Gasteiger partial charge in [0.05, 0.1) is 25.3 Å². The van der Waals surface area contributed by atoms with Gasteiger partial charge in [0, 0.05) is 12.8 Å². The molecule has 1 aromatic rings. The second kappa shape index (κ2) is 6.97. The molecule has 1 fully saturated rings. The van der Waals surface area contributed by atoms with Crippen LogP contribution in [0.25, 0.3) is 0 Å². The highest BCUT2D eigenvalue weighted by atomic mass is 35.5. The minimum atomic E-state index is -0.755. The Balaban J connectivity index is 1.92. The SMILES string of the molecule is [O-][S+]1CCN(c2nc(Cl)nc3c2C=NCN3NCCO)CC1. The second-order valence-corrected chi connectivity index (χ2v) is 6.94. The molecule has 120 valence electrons. The normalized spacial score (nSPS) is 18.7. The lowest BCUT2D eigenvalue weighted by atomic mass is 10.2. The molecule has 0 aromatic carbocycles. The predicted octanol–water partition coefficient (Wildman–Crippen LogP) is -0.608. The van der Waals surface area contributed by atoms with Crippen molar-refractivity contribution >= 4 is 40.6 Å². The van der Waals surface area contributed by atoms with Crippen LogP contribution in [0, 0.1) is 0 Å². The summed E-state index contributed by atoms with van der Waals surface area (Å²) in [7, 11) is 0. The lowest BCUT2D eigenvalue weighted by Gasteiger charge is -2.33. The molecule has 22 heavy (non-hydrogen) atoms. The maximum Gasteiger partial charge on any atom is 0.226 e. The molecule has 0 amide bonds. The summed E-state index contributed by atoms with van der Waals surface area (Å²) in [5.74, 6) is 2.61. The van der Waals surface area contributed by atoms with E-state index in [-0.39, 0.29) is 11.9 Å². The van der Waals surface area contributed by atoms with Crippen LogP contribution in [0.4, 0.5) is 11.6 Å². The molecule has 0 unspecified atom stereocenters. The number of anilines is 2. The van der Waals surface area contributed by atoms with Crippen LogP contribution in [0.15, 0.2) is 4.99 Å². The smallest absolute Gasteiger partial charge is 0.226 e. The van der Waals surface area contributed by atoms with Gasteiger partial charge in [-0.3, -0.25) is 10.0 Å². The number of aliphatic hydroxyl groups is 1. The van der Waals surface area contributed by atoms with Gasteiger partial charge in [0.1, 0.15) is 24.0 Å². The lowest BCUT2D eigenvalue weighted by Crippen LogP contribution is -2.44. The van der Waals surface area contributed by atoms with Crippen LogP contribution < -0.4 is 15.3 Å². The minimum Gasteiger partial charge on any atom is -0.616 e. The molecule has 2 aliphatic heterocycles. The maximum atomic E-state index is 11.5. The van der Waals surface area contributed by atoms with Crippen molar-refractivity contribution in [3.63, 3.8) is 0 Å². The number of aromatic nitrogens is 2. The molecule has 0 radical (unpaired) electrons. The first-order valence-corrected chi connectivity index (χ1v) is 8.85. The summed E-state index contributed by atoms with van der Waals surface area (Å²) >= 11 is 5.32. The standard InChI is InChI=1S/C12H17ClN6O2S/c13-12-16-10(18-2-5-22(21)6-3-18)9-7-14-8-19(11(9)17-12)15-1-4-20/h7,15,20H,1-6,8H2. The van der Waals surface area contributed by atoms with Gasteiger partial charge in [0.2, 0.25) is 5.28 Å². The van der Waals surface area contributed by atoms with Gasteiger partial charge >= 0.3 is 0 Å². The van der Waals surface area contributed by atoms with Crippen molar-refractivity contribution in [2.75, 3.05) is 54.3 Å². The fraction of sp³-hybridized carbons (Fsp3) is 0.583. The van der Waals surface area contributed by atoms with Crippen LogP contribution in [0.3, 0.4) is 0 Å². The summed E-state index contributed by atoms with van der Waals surface area (Å²) < 4.78 is 11.5. The molecule has 3 rings (SSSR count). The molecule has 0 saturated carbocycles. The summed E-state index contributed by atoms with van der Waals surface area (Å²) in [5, 5.41) is 10.9. The molecular weight excluding hydrogens is 328 g/mol. The van der Waals surface area contributed by atoms with Gasteiger partial charge in [-0.25, -0.2) is 5.43 Å². The summed E-state index contributed by atoms with van der Waals surface area (Å²) in [6, 6.07) is 0. The Bertz CT molecular complexity index is 567. The fourth-order valence-electron chi connectivity index (χ4n) is 2.42. The molecule has 1 saturated heterocycles. The molecule has 2 N–H and O–H groups in total. The molecule has 3 heterocycles. The first-order chi connectivity index (χ1) is 10.7. The van der Waals surface area contributed by atoms with E-state index in [2.05, 4.69) is 25.3 Å². The number of hydrogen-bond donors (Lipinski definition) is 2. The Kier molecular flexibility index (Phi) is 4.99. The van der Waals surface area contributed by atoms with E-state index in [4.69, 9.17) is 16.7 Å². The molecule has 0 spiro atoms. The average molecular weight is 345 g/mol. The fourth-order valence-corrected chi connectivity index (χ4v) is 3.64. The van der Waals surface area contributed by atoms with Crippen LogP contribution in [0.2, 0.25) is 5.28 Å². The molecule has 0 aliphatic carbocycles. The van der Waals surface area contributed by atoms with E-state index in [1.165, 1.54) is 0 Å². The van der Waals surface area contributed by atoms with Crippen molar-refractivity contribution < 1.29 is 9.66 Å². The zero-order valence-electron chi connectivity index (χ0n) is 11.9. The molecule has 2 aliphatic rings. The number of nitrogens with zero attached hydrogens (tertiary/aromatic N) is 5. The Morgan fingerprint density at radius 3 is 2.77 bits per heavy atom. The number of fused-ring (bicyclic) bond motifs is 1. The third kappa shape index (κ3) is 3.28. The van der Waals surface area contributed by atoms with Crippen molar-refractivity contribution in [2.45, 2.75) is 0 Å². The van der Waals surface area contributed by atoms with E-state index < -0.39 is 11.2 Å². The Morgan fingerprint density at radius 1 is 1.32 bits per heavy atom. The van der Waals surface area contributed by atoms with Crippen molar-refractivity contribution in [1.82, 2.24) is 15.4 Å². The number of hydrogen-bond acceptors (Lipinski definition) is 8. The summed E-state index contributed by atoms with van der Waals surface area (Å²) in [6.45, 7) is 2.15. The quantitative estimate of drug-likeness (QED) is 0.555. The Morgan fingerprint density at radius 2 is 2.05 bits per heavy atom. The summed E-state index contributed by atoms with van der Waals surface area (Å²) in [6.07, 6.45) is 1.74. The molecule has 1 aromatic heterocycles. The molecule has 0 atom stereocenters. The minimum absolute atomic E-state index is 0.0131. The van der Waals surface area contributed by atoms with E-state index >= 15 is 0 Å². The zero-order chi connectivity index (χ0) is 15.5. The highest BCUT2D eigenvalue weighted by molar-refractivity contribution is 7.91. The topological polar surface area (TPSA) is 99.9 Å². The van der Waals surface area contributed by atoms with E-state index in [0.29, 0.717) is 49.4 Å². The van der Waals surface area contributed by atoms with Crippen molar-refractivity contribution in [1.29, 1.82) is 0 Å². The number of hydrazine groups is 1. The molecule has 8 nitrogen and oxygen atoms in total. The number of aliphatic hydroxyl groups excluding tert-OH is 1. The third-order valence-corrected chi connectivity index (χ3v) is 4.91. The lowest BCUT2D eigenvalue weighted by molar-refractivity contribution is 0.290. The van der Waals surface area contributed by atoms with Gasteiger partial charge in [-0.2, -0.15) is 9.97 Å². The van der Waals surface area contributed by atoms with E-state index in [1.54, 1.807) is 11.2 Å². The van der Waals surface area contributed by atoms with Gasteiger partial charge < -0.3 is 14.6 Å². The van der Waals surface area contributed by atoms with Crippen molar-refractivity contribution in [2.24, 2.45) is 4.99 Å². The summed E-state index contributed by atoms with van der Waals surface area (Å²) in [5.41, 5.74) is 3.83. The first-order valence-electron chi connectivity index (χ1n) is 6.98. The van der Waals surface area contributed by atoms with E-state index in [0.717, 1.165) is 5.56 Å². The van der Waals surface area contributed by atoms with Gasteiger partial charge in [0.15, 0.2) is 5.82 Å². The maximum absolute atomic E-state index is 11.5. The first kappa shape index (κ1) is 15.8. The van der Waals surface area contributed by atoms with Gasteiger partial charge in [0.25, 0.3) is 0 Å². The number of aliphatic imine (C=N–C) groups is 1. The third-order valence-electron chi connectivity index (χ3n) is 3.47. The van der Waals surface area contributed by atoms with Crippen molar-refractivity contribution in [3.8, 4) is 0 Å². The van der Waals surface area contributed by atoms with Gasteiger partial charge in [-0.05, 0) is 11.6 Å². The number of halogens is 1. The molecular formula is C12H17ClN6O2S. The Labute approximate surface area is 136 Å². The Hall–Kier alpha value is -1.13. The highest BCUT2D eigenvalue weighted by Crippen LogP contribution is 2.29.